The third kappa shape index (κ3) is 3.94. The lowest BCUT2D eigenvalue weighted by atomic mass is 10.0. The summed E-state index contributed by atoms with van der Waals surface area (Å²) in [7, 11) is 0. The Balaban J connectivity index is 1.69. The highest BCUT2D eigenvalue weighted by atomic mass is 35.5. The van der Waals surface area contributed by atoms with Crippen molar-refractivity contribution < 1.29 is 9.90 Å². The van der Waals surface area contributed by atoms with Crippen LogP contribution in [-0.4, -0.2) is 21.0 Å². The summed E-state index contributed by atoms with van der Waals surface area (Å²) in [5.74, 6) is -1.02. The largest absolute Gasteiger partial charge is 0.478 e. The second-order valence-electron chi connectivity index (χ2n) is 6.04. The molecule has 0 aliphatic rings. The average Bonchev–Trinajstić information content (AvgIpc) is 3.11. The molecular weight excluding hydrogens is 417 g/mol. The molecule has 0 saturated carbocycles. The van der Waals surface area contributed by atoms with Crippen molar-refractivity contribution in [1.29, 1.82) is 0 Å². The fraction of sp³-hybridized carbons (Fsp3) is 0.0500. The number of aromatic carboxylic acids is 1. The second kappa shape index (κ2) is 7.75. The minimum atomic E-state index is -1.02. The molecule has 4 aromatic rings. The molecule has 0 aliphatic carbocycles. The Morgan fingerprint density at radius 2 is 2.00 bits per heavy atom. The van der Waals surface area contributed by atoms with E-state index in [1.54, 1.807) is 30.5 Å². The normalized spacial score (nSPS) is 10.9. The highest BCUT2D eigenvalue weighted by Crippen LogP contribution is 2.28. The fourth-order valence-electron chi connectivity index (χ4n) is 2.87. The van der Waals surface area contributed by atoms with Gasteiger partial charge in [-0.2, -0.15) is 0 Å². The molecule has 0 unspecified atom stereocenters. The third-order valence-corrected chi connectivity index (χ3v) is 5.50. The predicted octanol–water partition coefficient (Wildman–Crippen LogP) is 5.98. The van der Waals surface area contributed by atoms with Gasteiger partial charge in [0.1, 0.15) is 0 Å². The standard InChI is InChI=1S/C20H13Cl2N3O2S/c21-12-4-5-17-15(7-12)16(19(26)27)8-18(25-17)11-2-1-3-13(6-11)23-9-14-10-24-20(22)28-14/h1-8,10,23H,9H2,(H,26,27). The van der Waals surface area contributed by atoms with Crippen molar-refractivity contribution in [3.63, 3.8) is 0 Å². The predicted molar refractivity (Wildman–Crippen MR) is 114 cm³/mol. The van der Waals surface area contributed by atoms with Gasteiger partial charge in [-0.05, 0) is 36.4 Å². The molecule has 0 spiro atoms. The molecule has 2 aromatic carbocycles. The van der Waals surface area contributed by atoms with E-state index in [2.05, 4.69) is 15.3 Å². The first-order valence-corrected chi connectivity index (χ1v) is 9.85. The molecule has 0 aliphatic heterocycles. The minimum Gasteiger partial charge on any atom is -0.478 e. The van der Waals surface area contributed by atoms with Crippen LogP contribution in [0.25, 0.3) is 22.2 Å². The van der Waals surface area contributed by atoms with Crippen LogP contribution in [-0.2, 0) is 6.54 Å². The molecular formula is C20H13Cl2N3O2S. The second-order valence-corrected chi connectivity index (χ2v) is 8.17. The van der Waals surface area contributed by atoms with Crippen molar-refractivity contribution in [2.45, 2.75) is 6.54 Å². The number of pyridine rings is 1. The number of hydrogen-bond donors (Lipinski definition) is 2. The number of nitrogens with zero attached hydrogens (tertiary/aromatic N) is 2. The van der Waals surface area contributed by atoms with Gasteiger partial charge in [-0.25, -0.2) is 14.8 Å². The summed E-state index contributed by atoms with van der Waals surface area (Å²) >= 11 is 13.3. The van der Waals surface area contributed by atoms with Crippen LogP contribution in [0.5, 0.6) is 0 Å². The summed E-state index contributed by atoms with van der Waals surface area (Å²) in [6.45, 7) is 0.595. The molecule has 0 atom stereocenters. The van der Waals surface area contributed by atoms with E-state index in [1.807, 2.05) is 24.3 Å². The van der Waals surface area contributed by atoms with Crippen LogP contribution in [0.15, 0.2) is 54.7 Å². The Kier molecular flexibility index (Phi) is 5.17. The topological polar surface area (TPSA) is 75.1 Å². The summed E-state index contributed by atoms with van der Waals surface area (Å²) < 4.78 is 0.507. The first-order chi connectivity index (χ1) is 13.5. The fourth-order valence-corrected chi connectivity index (χ4v) is 3.96. The number of carbonyl (C=O) groups is 1. The molecule has 2 heterocycles. The smallest absolute Gasteiger partial charge is 0.336 e. The zero-order valence-electron chi connectivity index (χ0n) is 14.3. The van der Waals surface area contributed by atoms with E-state index in [0.717, 1.165) is 16.1 Å². The number of rotatable bonds is 5. The SMILES string of the molecule is O=C(O)c1cc(-c2cccc(NCc3cnc(Cl)s3)c2)nc2ccc(Cl)cc12. The van der Waals surface area contributed by atoms with E-state index in [9.17, 15) is 9.90 Å². The van der Waals surface area contributed by atoms with Gasteiger partial charge in [0.25, 0.3) is 0 Å². The Bertz CT molecular complexity index is 1190. The number of anilines is 1. The highest BCUT2D eigenvalue weighted by Gasteiger charge is 2.14. The molecule has 0 amide bonds. The van der Waals surface area contributed by atoms with Gasteiger partial charge in [0.15, 0.2) is 4.47 Å². The van der Waals surface area contributed by atoms with Crippen LogP contribution >= 0.6 is 34.5 Å². The molecule has 4 rings (SSSR count). The number of benzene rings is 2. The number of halogens is 2. The molecule has 8 heteroatoms. The summed E-state index contributed by atoms with van der Waals surface area (Å²) in [5, 5.41) is 13.9. The van der Waals surface area contributed by atoms with Gasteiger partial charge in [0.2, 0.25) is 0 Å². The van der Waals surface area contributed by atoms with Crippen LogP contribution in [0.2, 0.25) is 9.49 Å². The molecule has 140 valence electrons. The van der Waals surface area contributed by atoms with E-state index < -0.39 is 5.97 Å². The summed E-state index contributed by atoms with van der Waals surface area (Å²) in [5.41, 5.74) is 3.03. The van der Waals surface area contributed by atoms with Crippen LogP contribution in [0, 0.1) is 0 Å². The van der Waals surface area contributed by atoms with Crippen LogP contribution < -0.4 is 5.32 Å². The van der Waals surface area contributed by atoms with E-state index >= 15 is 0 Å². The zero-order chi connectivity index (χ0) is 19.7. The van der Waals surface area contributed by atoms with Crippen molar-refractivity contribution >= 4 is 57.1 Å². The molecule has 0 saturated heterocycles. The maximum Gasteiger partial charge on any atom is 0.336 e. The number of hydrogen-bond acceptors (Lipinski definition) is 5. The molecule has 2 aromatic heterocycles. The Morgan fingerprint density at radius 3 is 2.75 bits per heavy atom. The lowest BCUT2D eigenvalue weighted by Gasteiger charge is -2.10. The number of nitrogens with one attached hydrogen (secondary N) is 1. The molecule has 0 fully saturated rings. The van der Waals surface area contributed by atoms with E-state index in [1.165, 1.54) is 11.3 Å². The monoisotopic (exact) mass is 429 g/mol. The number of thiazole rings is 1. The Morgan fingerprint density at radius 1 is 1.14 bits per heavy atom. The van der Waals surface area contributed by atoms with Crippen LogP contribution in [0.3, 0.4) is 0 Å². The maximum atomic E-state index is 11.7. The van der Waals surface area contributed by atoms with Crippen molar-refractivity contribution in [2.24, 2.45) is 0 Å². The minimum absolute atomic E-state index is 0.167. The van der Waals surface area contributed by atoms with Gasteiger partial charge < -0.3 is 10.4 Å². The van der Waals surface area contributed by atoms with Crippen molar-refractivity contribution in [2.75, 3.05) is 5.32 Å². The number of carboxylic acid groups (broad SMARTS) is 1. The summed E-state index contributed by atoms with van der Waals surface area (Å²) in [6, 6.07) is 14.3. The first kappa shape index (κ1) is 18.7. The quantitative estimate of drug-likeness (QED) is 0.408. The van der Waals surface area contributed by atoms with Gasteiger partial charge in [0, 0.05) is 32.7 Å². The van der Waals surface area contributed by atoms with Crippen LogP contribution in [0.1, 0.15) is 15.2 Å². The van der Waals surface area contributed by atoms with Crippen molar-refractivity contribution in [1.82, 2.24) is 9.97 Å². The number of carboxylic acids is 1. The van der Waals surface area contributed by atoms with Gasteiger partial charge in [-0.1, -0.05) is 35.3 Å². The van der Waals surface area contributed by atoms with Crippen molar-refractivity contribution in [3.05, 3.63) is 74.7 Å². The van der Waals surface area contributed by atoms with Gasteiger partial charge in [-0.3, -0.25) is 0 Å². The third-order valence-electron chi connectivity index (χ3n) is 4.15. The number of aromatic nitrogens is 2. The number of fused-ring (bicyclic) bond motifs is 1. The Labute approximate surface area is 174 Å². The molecule has 0 bridgehead atoms. The maximum absolute atomic E-state index is 11.7. The van der Waals surface area contributed by atoms with Gasteiger partial charge in [-0.15, -0.1) is 11.3 Å². The summed E-state index contributed by atoms with van der Waals surface area (Å²) in [6.07, 6.45) is 1.74. The van der Waals surface area contributed by atoms with Crippen LogP contribution in [0.4, 0.5) is 5.69 Å². The summed E-state index contributed by atoms with van der Waals surface area (Å²) in [4.78, 5) is 21.4. The highest BCUT2D eigenvalue weighted by molar-refractivity contribution is 7.15. The first-order valence-electron chi connectivity index (χ1n) is 8.28. The van der Waals surface area contributed by atoms with Gasteiger partial charge >= 0.3 is 5.97 Å². The lowest BCUT2D eigenvalue weighted by Crippen LogP contribution is -2.01. The zero-order valence-corrected chi connectivity index (χ0v) is 16.6. The van der Waals surface area contributed by atoms with E-state index in [-0.39, 0.29) is 5.56 Å². The van der Waals surface area contributed by atoms with E-state index in [0.29, 0.717) is 32.6 Å². The van der Waals surface area contributed by atoms with Gasteiger partial charge in [0.05, 0.1) is 23.3 Å². The lowest BCUT2D eigenvalue weighted by molar-refractivity contribution is 0.0699. The Hall–Kier alpha value is -2.67. The molecule has 28 heavy (non-hydrogen) atoms. The van der Waals surface area contributed by atoms with E-state index in [4.69, 9.17) is 23.2 Å². The average molecular weight is 430 g/mol. The molecule has 2 N–H and O–H groups in total. The molecule has 0 radical (unpaired) electrons. The molecule has 5 nitrogen and oxygen atoms in total. The van der Waals surface area contributed by atoms with Crippen molar-refractivity contribution in [3.8, 4) is 11.3 Å².